The summed E-state index contributed by atoms with van der Waals surface area (Å²) in [6, 6.07) is 0. The molecular weight excluding hydrogens is 157 g/mol. The lowest BCUT2D eigenvalue weighted by Crippen LogP contribution is -2.09. The summed E-state index contributed by atoms with van der Waals surface area (Å²) in [4.78, 5) is 0. The smallest absolute Gasteiger partial charge is 0.171 e. The highest BCUT2D eigenvalue weighted by atomic mass is 32.2. The largest absolute Gasteiger partial charge is 0.224 e. The highest BCUT2D eigenvalue weighted by molar-refractivity contribution is 7.94. The maximum absolute atomic E-state index is 11.2. The van der Waals surface area contributed by atoms with Crippen LogP contribution in [0.3, 0.4) is 0 Å². The summed E-state index contributed by atoms with van der Waals surface area (Å²) in [6.45, 7) is 3.17. The average molecular weight is 167 g/mol. The van der Waals surface area contributed by atoms with E-state index < -0.39 is 9.84 Å². The summed E-state index contributed by atoms with van der Waals surface area (Å²) in [6.07, 6.45) is 0.269. The van der Waals surface area contributed by atoms with Crippen LogP contribution in [0.25, 0.3) is 0 Å². The number of hydrogen-bond donors (Lipinski definition) is 1. The van der Waals surface area contributed by atoms with E-state index in [1.165, 1.54) is 5.54 Å². The van der Waals surface area contributed by atoms with Crippen molar-refractivity contribution in [3.8, 4) is 0 Å². The van der Waals surface area contributed by atoms with Crippen molar-refractivity contribution in [1.29, 1.82) is 0 Å². The number of rotatable bonds is 5. The molecule has 0 saturated heterocycles. The zero-order valence-corrected chi connectivity index (χ0v) is 6.32. The van der Waals surface area contributed by atoms with E-state index in [1.54, 1.807) is 0 Å². The third-order valence-corrected chi connectivity index (χ3v) is 2.32. The third kappa shape index (κ3) is 4.46. The van der Waals surface area contributed by atoms with Crippen molar-refractivity contribution in [1.82, 2.24) is 5.54 Å². The summed E-state index contributed by atoms with van der Waals surface area (Å²) in [5, 5.41) is 0.880. The Bertz CT molecular complexity index is 188. The summed E-state index contributed by atoms with van der Waals surface area (Å²) in [5.74, 6) is -0.0482. The Morgan fingerprint density at radius 3 is 2.60 bits per heavy atom. The van der Waals surface area contributed by atoms with E-state index in [0.29, 0.717) is 0 Å². The molecule has 0 saturated carbocycles. The zero-order chi connectivity index (χ0) is 8.04. The summed E-state index contributed by atoms with van der Waals surface area (Å²) < 4.78 is 32.4. The Balaban J connectivity index is 3.59. The number of halogens is 1. The molecule has 10 heavy (non-hydrogen) atoms. The SMILES string of the molecule is C=CS(=O)(=O)CCCNF. The molecule has 1 N–H and O–H groups in total. The van der Waals surface area contributed by atoms with Gasteiger partial charge in [0.15, 0.2) is 9.84 Å². The summed E-state index contributed by atoms with van der Waals surface area (Å²) in [7, 11) is -3.13. The van der Waals surface area contributed by atoms with Crippen LogP contribution in [-0.2, 0) is 9.84 Å². The Morgan fingerprint density at radius 1 is 1.60 bits per heavy atom. The zero-order valence-electron chi connectivity index (χ0n) is 5.51. The maximum Gasteiger partial charge on any atom is 0.171 e. The van der Waals surface area contributed by atoms with Gasteiger partial charge < -0.3 is 0 Å². The fourth-order valence-corrected chi connectivity index (χ4v) is 1.14. The van der Waals surface area contributed by atoms with Crippen molar-refractivity contribution in [2.45, 2.75) is 6.42 Å². The number of sulfone groups is 1. The first-order valence-corrected chi connectivity index (χ1v) is 4.52. The molecule has 0 aromatic carbocycles. The fraction of sp³-hybridized carbons (Fsp3) is 0.600. The predicted octanol–water partition coefficient (Wildman–Crippen LogP) is 0.409. The van der Waals surface area contributed by atoms with Crippen molar-refractivity contribution in [3.05, 3.63) is 12.0 Å². The molecule has 0 spiro atoms. The lowest BCUT2D eigenvalue weighted by atomic mass is 10.5. The summed E-state index contributed by atoms with van der Waals surface area (Å²) in [5.41, 5.74) is 1.37. The molecule has 60 valence electrons. The van der Waals surface area contributed by atoms with Gasteiger partial charge in [-0.3, -0.25) is 0 Å². The van der Waals surface area contributed by atoms with Gasteiger partial charge in [0.2, 0.25) is 0 Å². The molecular formula is C5H10FNO2S. The van der Waals surface area contributed by atoms with Crippen LogP contribution in [0.1, 0.15) is 6.42 Å². The third-order valence-electron chi connectivity index (χ3n) is 0.954. The minimum atomic E-state index is -3.13. The predicted molar refractivity (Wildman–Crippen MR) is 37.7 cm³/mol. The molecule has 0 aliphatic carbocycles. The van der Waals surface area contributed by atoms with Crippen LogP contribution in [-0.4, -0.2) is 20.7 Å². The van der Waals surface area contributed by atoms with Crippen LogP contribution in [0.15, 0.2) is 12.0 Å². The maximum atomic E-state index is 11.2. The fourth-order valence-electron chi connectivity index (χ4n) is 0.424. The van der Waals surface area contributed by atoms with Crippen LogP contribution in [0.4, 0.5) is 4.48 Å². The molecule has 0 aliphatic rings. The Hall–Kier alpha value is -0.420. The van der Waals surface area contributed by atoms with E-state index in [1.807, 2.05) is 0 Å². The first-order valence-electron chi connectivity index (χ1n) is 2.81. The summed E-state index contributed by atoms with van der Waals surface area (Å²) >= 11 is 0. The van der Waals surface area contributed by atoms with Crippen LogP contribution in [0.5, 0.6) is 0 Å². The highest BCUT2D eigenvalue weighted by Gasteiger charge is 2.02. The molecule has 0 rings (SSSR count). The minimum Gasteiger partial charge on any atom is -0.224 e. The standard InChI is InChI=1S/C5H10FNO2S/c1-2-10(8,9)5-3-4-7-6/h2,7H,1,3-5H2. The highest BCUT2D eigenvalue weighted by Crippen LogP contribution is 1.92. The lowest BCUT2D eigenvalue weighted by Gasteiger charge is -1.94. The van der Waals surface area contributed by atoms with E-state index >= 15 is 0 Å². The van der Waals surface area contributed by atoms with Gasteiger partial charge in [0.05, 0.1) is 5.75 Å². The van der Waals surface area contributed by atoms with E-state index in [9.17, 15) is 12.9 Å². The van der Waals surface area contributed by atoms with Gasteiger partial charge in [-0.25, -0.2) is 8.42 Å². The van der Waals surface area contributed by atoms with Crippen molar-refractivity contribution in [2.24, 2.45) is 0 Å². The van der Waals surface area contributed by atoms with Gasteiger partial charge in [-0.1, -0.05) is 6.58 Å². The Morgan fingerprint density at radius 2 is 2.20 bits per heavy atom. The van der Waals surface area contributed by atoms with Crippen LogP contribution in [0, 0.1) is 0 Å². The average Bonchev–Trinajstić information content (AvgIpc) is 1.89. The van der Waals surface area contributed by atoms with E-state index in [-0.39, 0.29) is 18.7 Å². The van der Waals surface area contributed by atoms with E-state index in [4.69, 9.17) is 0 Å². The molecule has 0 aromatic heterocycles. The lowest BCUT2D eigenvalue weighted by molar-refractivity contribution is 0.335. The van der Waals surface area contributed by atoms with Gasteiger partial charge in [-0.2, -0.15) is 5.54 Å². The van der Waals surface area contributed by atoms with Crippen LogP contribution in [0.2, 0.25) is 0 Å². The second kappa shape index (κ2) is 4.40. The van der Waals surface area contributed by atoms with Gasteiger partial charge in [0, 0.05) is 12.0 Å². The van der Waals surface area contributed by atoms with Crippen molar-refractivity contribution >= 4 is 9.84 Å². The van der Waals surface area contributed by atoms with Crippen molar-refractivity contribution < 1.29 is 12.9 Å². The quantitative estimate of drug-likeness (QED) is 0.476. The van der Waals surface area contributed by atoms with Gasteiger partial charge in [0.25, 0.3) is 0 Å². The van der Waals surface area contributed by atoms with Gasteiger partial charge in [-0.15, -0.1) is 4.48 Å². The molecule has 0 heterocycles. The molecule has 3 nitrogen and oxygen atoms in total. The van der Waals surface area contributed by atoms with Gasteiger partial charge >= 0.3 is 0 Å². The Labute approximate surface area is 59.8 Å². The van der Waals surface area contributed by atoms with Crippen LogP contribution < -0.4 is 5.54 Å². The monoisotopic (exact) mass is 167 g/mol. The molecule has 0 aliphatic heterocycles. The number of hydrogen-bond acceptors (Lipinski definition) is 3. The molecule has 0 amide bonds. The normalized spacial score (nSPS) is 11.3. The molecule has 0 unspecified atom stereocenters. The minimum absolute atomic E-state index is 0.0482. The Kier molecular flexibility index (Phi) is 4.22. The van der Waals surface area contributed by atoms with Crippen molar-refractivity contribution in [2.75, 3.05) is 12.3 Å². The van der Waals surface area contributed by atoms with Gasteiger partial charge in [0.1, 0.15) is 0 Å². The van der Waals surface area contributed by atoms with Crippen molar-refractivity contribution in [3.63, 3.8) is 0 Å². The molecule has 0 radical (unpaired) electrons. The second-order valence-electron chi connectivity index (χ2n) is 1.77. The van der Waals surface area contributed by atoms with E-state index in [0.717, 1.165) is 5.41 Å². The number of nitrogens with one attached hydrogen (secondary N) is 1. The second-order valence-corrected chi connectivity index (χ2v) is 3.84. The first-order chi connectivity index (χ1) is 4.62. The molecule has 0 bridgehead atoms. The molecule has 5 heteroatoms. The molecule has 0 atom stereocenters. The van der Waals surface area contributed by atoms with Gasteiger partial charge in [-0.05, 0) is 6.42 Å². The first kappa shape index (κ1) is 9.58. The van der Waals surface area contributed by atoms with E-state index in [2.05, 4.69) is 6.58 Å². The molecule has 0 aromatic rings. The topological polar surface area (TPSA) is 46.2 Å². The van der Waals surface area contributed by atoms with Crippen LogP contribution >= 0.6 is 0 Å². The molecule has 0 fully saturated rings.